The Bertz CT molecular complexity index is 656. The number of aromatic nitrogens is 3. The summed E-state index contributed by atoms with van der Waals surface area (Å²) in [5, 5.41) is 2.89. The number of likely N-dealkylation sites (tertiary alicyclic amines) is 1. The maximum atomic E-state index is 12.2. The molecule has 23 heavy (non-hydrogen) atoms. The number of hydrogen-bond donors (Lipinski definition) is 1. The molecule has 1 aliphatic heterocycles. The van der Waals surface area contributed by atoms with Gasteiger partial charge >= 0.3 is 0 Å². The number of nitrogens with one attached hydrogen (secondary N) is 1. The molecule has 1 aliphatic rings. The Hall–Kier alpha value is -2.70. The molecule has 1 atom stereocenters. The van der Waals surface area contributed by atoms with Gasteiger partial charge in [0.15, 0.2) is 0 Å². The summed E-state index contributed by atoms with van der Waals surface area (Å²) in [7, 11) is 0. The molecule has 3 rings (SSSR count). The Balaban J connectivity index is 1.47. The molecule has 1 fully saturated rings. The van der Waals surface area contributed by atoms with Crippen molar-refractivity contribution in [3.63, 3.8) is 0 Å². The molecule has 7 nitrogen and oxygen atoms in total. The third kappa shape index (κ3) is 3.94. The lowest BCUT2D eigenvalue weighted by molar-refractivity contribution is -0.129. The first-order chi connectivity index (χ1) is 11.2. The molecule has 2 aromatic heterocycles. The van der Waals surface area contributed by atoms with E-state index in [9.17, 15) is 9.59 Å². The second-order valence-electron chi connectivity index (χ2n) is 5.63. The first kappa shape index (κ1) is 15.2. The molecule has 0 unspecified atom stereocenters. The zero-order chi connectivity index (χ0) is 16.1. The number of nitrogens with zero attached hydrogens (tertiary/aromatic N) is 4. The van der Waals surface area contributed by atoms with Crippen molar-refractivity contribution in [1.82, 2.24) is 24.8 Å². The van der Waals surface area contributed by atoms with Crippen LogP contribution in [-0.4, -0.2) is 44.3 Å². The van der Waals surface area contributed by atoms with Crippen molar-refractivity contribution < 1.29 is 9.59 Å². The molecule has 120 valence electrons. The molecule has 2 aromatic rings. The van der Waals surface area contributed by atoms with Gasteiger partial charge in [0.1, 0.15) is 0 Å². The molecule has 2 amide bonds. The Kier molecular flexibility index (Phi) is 4.65. The third-order valence-electron chi connectivity index (χ3n) is 3.91. The van der Waals surface area contributed by atoms with Crippen molar-refractivity contribution >= 4 is 11.8 Å². The lowest BCUT2D eigenvalue weighted by Crippen LogP contribution is -2.34. The van der Waals surface area contributed by atoms with E-state index in [1.807, 2.05) is 22.9 Å². The van der Waals surface area contributed by atoms with Crippen LogP contribution in [0.15, 0.2) is 43.2 Å². The summed E-state index contributed by atoms with van der Waals surface area (Å²) in [6.07, 6.45) is 8.98. The zero-order valence-electron chi connectivity index (χ0n) is 12.8. The summed E-state index contributed by atoms with van der Waals surface area (Å²) >= 11 is 0. The van der Waals surface area contributed by atoms with E-state index in [-0.39, 0.29) is 24.2 Å². The van der Waals surface area contributed by atoms with E-state index in [2.05, 4.69) is 15.3 Å². The predicted octanol–water partition coefficient (Wildman–Crippen LogP) is 0.443. The van der Waals surface area contributed by atoms with Crippen LogP contribution in [-0.2, 0) is 22.7 Å². The largest absolute Gasteiger partial charge is 0.354 e. The second kappa shape index (κ2) is 7.04. The van der Waals surface area contributed by atoms with Gasteiger partial charge < -0.3 is 14.8 Å². The van der Waals surface area contributed by atoms with Crippen LogP contribution in [0.3, 0.4) is 0 Å². The maximum absolute atomic E-state index is 12.2. The minimum Gasteiger partial charge on any atom is -0.354 e. The van der Waals surface area contributed by atoms with Crippen molar-refractivity contribution in [2.24, 2.45) is 5.92 Å². The van der Waals surface area contributed by atoms with E-state index in [0.29, 0.717) is 26.2 Å². The summed E-state index contributed by atoms with van der Waals surface area (Å²) in [5.74, 6) is -0.322. The Labute approximate surface area is 134 Å². The van der Waals surface area contributed by atoms with Crippen molar-refractivity contribution in [3.8, 4) is 0 Å². The van der Waals surface area contributed by atoms with E-state index in [1.54, 1.807) is 29.8 Å². The number of rotatable bonds is 6. The van der Waals surface area contributed by atoms with E-state index in [1.165, 1.54) is 0 Å². The van der Waals surface area contributed by atoms with Gasteiger partial charge in [-0.15, -0.1) is 0 Å². The van der Waals surface area contributed by atoms with Crippen molar-refractivity contribution in [2.75, 3.05) is 13.1 Å². The average Bonchev–Trinajstić information content (AvgIpc) is 3.19. The Morgan fingerprint density at radius 2 is 2.26 bits per heavy atom. The fourth-order valence-corrected chi connectivity index (χ4v) is 2.68. The summed E-state index contributed by atoms with van der Waals surface area (Å²) < 4.78 is 1.90. The molecule has 0 aliphatic carbocycles. The smallest absolute Gasteiger partial charge is 0.225 e. The molecule has 1 N–H and O–H groups in total. The molecule has 0 saturated carbocycles. The average molecular weight is 313 g/mol. The van der Waals surface area contributed by atoms with Crippen LogP contribution in [0.4, 0.5) is 0 Å². The molecule has 0 bridgehead atoms. The number of hydrogen-bond acceptors (Lipinski definition) is 4. The number of amides is 2. The number of imidazole rings is 1. The van der Waals surface area contributed by atoms with E-state index < -0.39 is 0 Å². The van der Waals surface area contributed by atoms with Crippen LogP contribution in [0.2, 0.25) is 0 Å². The van der Waals surface area contributed by atoms with Gasteiger partial charge in [-0.25, -0.2) is 4.98 Å². The van der Waals surface area contributed by atoms with Crippen molar-refractivity contribution in [3.05, 3.63) is 48.8 Å². The fraction of sp³-hybridized carbons (Fsp3) is 0.375. The standard InChI is InChI=1S/C16H19N5O2/c22-15-8-14(11-21(15)10-13-2-1-3-17-9-13)16(23)19-5-7-20-6-4-18-12-20/h1-4,6,9,12,14H,5,7-8,10-11H2,(H,19,23)/t14-/m0/s1. The third-order valence-corrected chi connectivity index (χ3v) is 3.91. The van der Waals surface area contributed by atoms with Gasteiger partial charge in [0.2, 0.25) is 11.8 Å². The summed E-state index contributed by atoms with van der Waals surface area (Å²) in [6.45, 7) is 2.17. The van der Waals surface area contributed by atoms with Gasteiger partial charge in [-0.05, 0) is 11.6 Å². The molecule has 7 heteroatoms. The fourth-order valence-electron chi connectivity index (χ4n) is 2.68. The van der Waals surface area contributed by atoms with Crippen LogP contribution in [0.25, 0.3) is 0 Å². The van der Waals surface area contributed by atoms with Crippen molar-refractivity contribution in [1.29, 1.82) is 0 Å². The first-order valence-corrected chi connectivity index (χ1v) is 7.62. The van der Waals surface area contributed by atoms with E-state index >= 15 is 0 Å². The normalized spacial score (nSPS) is 17.5. The van der Waals surface area contributed by atoms with Crippen LogP contribution < -0.4 is 5.32 Å². The van der Waals surface area contributed by atoms with Gasteiger partial charge in [0, 0.05) is 57.4 Å². The van der Waals surface area contributed by atoms with Crippen LogP contribution in [0.5, 0.6) is 0 Å². The molecule has 0 spiro atoms. The number of pyridine rings is 1. The van der Waals surface area contributed by atoms with Crippen LogP contribution in [0.1, 0.15) is 12.0 Å². The second-order valence-corrected chi connectivity index (χ2v) is 5.63. The number of carbonyl (C=O) groups excluding carboxylic acids is 2. The minimum absolute atomic E-state index is 0.0172. The van der Waals surface area contributed by atoms with Crippen molar-refractivity contribution in [2.45, 2.75) is 19.5 Å². The predicted molar refractivity (Wildman–Crippen MR) is 83.0 cm³/mol. The highest BCUT2D eigenvalue weighted by Gasteiger charge is 2.33. The van der Waals surface area contributed by atoms with Gasteiger partial charge in [-0.1, -0.05) is 6.07 Å². The highest BCUT2D eigenvalue weighted by atomic mass is 16.2. The quantitative estimate of drug-likeness (QED) is 0.839. The monoisotopic (exact) mass is 313 g/mol. The SMILES string of the molecule is O=C(NCCn1ccnc1)[C@H]1CC(=O)N(Cc2cccnc2)C1. The zero-order valence-corrected chi connectivity index (χ0v) is 12.8. The maximum Gasteiger partial charge on any atom is 0.225 e. The van der Waals surface area contributed by atoms with Gasteiger partial charge in [-0.3, -0.25) is 14.6 Å². The summed E-state index contributed by atoms with van der Waals surface area (Å²) in [4.78, 5) is 34.0. The minimum atomic E-state index is -0.276. The molecular weight excluding hydrogens is 294 g/mol. The van der Waals surface area contributed by atoms with Crippen LogP contribution >= 0.6 is 0 Å². The number of carbonyl (C=O) groups is 2. The lowest BCUT2D eigenvalue weighted by atomic mass is 10.1. The first-order valence-electron chi connectivity index (χ1n) is 7.62. The lowest BCUT2D eigenvalue weighted by Gasteiger charge is -2.16. The molecule has 1 saturated heterocycles. The summed E-state index contributed by atoms with van der Waals surface area (Å²) in [5.41, 5.74) is 0.974. The Morgan fingerprint density at radius 1 is 1.35 bits per heavy atom. The molecule has 0 radical (unpaired) electrons. The highest BCUT2D eigenvalue weighted by molar-refractivity contribution is 5.89. The van der Waals surface area contributed by atoms with Gasteiger partial charge in [0.25, 0.3) is 0 Å². The van der Waals surface area contributed by atoms with E-state index in [4.69, 9.17) is 0 Å². The molecule has 3 heterocycles. The van der Waals surface area contributed by atoms with Gasteiger partial charge in [0.05, 0.1) is 12.2 Å². The highest BCUT2D eigenvalue weighted by Crippen LogP contribution is 2.20. The van der Waals surface area contributed by atoms with Crippen LogP contribution in [0, 0.1) is 5.92 Å². The topological polar surface area (TPSA) is 80.1 Å². The molecular formula is C16H19N5O2. The molecule has 0 aromatic carbocycles. The van der Waals surface area contributed by atoms with Gasteiger partial charge in [-0.2, -0.15) is 0 Å². The van der Waals surface area contributed by atoms with E-state index in [0.717, 1.165) is 5.56 Å². The summed E-state index contributed by atoms with van der Waals surface area (Å²) in [6, 6.07) is 3.77. The Morgan fingerprint density at radius 3 is 3.00 bits per heavy atom.